The number of ketones is 1. The van der Waals surface area contributed by atoms with Crippen molar-refractivity contribution < 1.29 is 9.59 Å². The first-order valence-corrected chi connectivity index (χ1v) is 7.81. The number of carbonyl (C=O) groups excluding carboxylic acids is 2. The molecular weight excluding hydrogens is 335 g/mol. The van der Waals surface area contributed by atoms with Crippen molar-refractivity contribution >= 4 is 40.7 Å². The monoisotopic (exact) mass is 350 g/mol. The summed E-state index contributed by atoms with van der Waals surface area (Å²) in [6, 6.07) is 11.9. The third kappa shape index (κ3) is 4.98. The van der Waals surface area contributed by atoms with Gasteiger partial charge in [-0.3, -0.25) is 4.79 Å². The number of nitrogens with one attached hydrogen (secondary N) is 2. The van der Waals surface area contributed by atoms with Gasteiger partial charge in [0.2, 0.25) is 0 Å². The number of amides is 2. The number of Topliss-reactive ketones (excluding diaryl/α,β-unsaturated/α-hetero) is 1. The molecule has 2 amide bonds. The molecule has 0 heterocycles. The highest BCUT2D eigenvalue weighted by Gasteiger charge is 2.09. The number of halogens is 2. The van der Waals surface area contributed by atoms with Gasteiger partial charge in [0.25, 0.3) is 0 Å². The van der Waals surface area contributed by atoms with Crippen molar-refractivity contribution in [1.29, 1.82) is 0 Å². The molecule has 23 heavy (non-hydrogen) atoms. The Balaban J connectivity index is 1.82. The van der Waals surface area contributed by atoms with Gasteiger partial charge in [-0.25, -0.2) is 4.79 Å². The number of hydrogen-bond acceptors (Lipinski definition) is 2. The van der Waals surface area contributed by atoms with Gasteiger partial charge in [-0.15, -0.1) is 0 Å². The molecule has 0 aliphatic heterocycles. The van der Waals surface area contributed by atoms with E-state index < -0.39 is 6.03 Å². The van der Waals surface area contributed by atoms with Crippen molar-refractivity contribution in [3.05, 3.63) is 63.6 Å². The fourth-order valence-electron chi connectivity index (χ4n) is 1.94. The highest BCUT2D eigenvalue weighted by atomic mass is 35.5. The van der Waals surface area contributed by atoms with E-state index in [1.165, 1.54) is 0 Å². The van der Waals surface area contributed by atoms with Gasteiger partial charge in [-0.1, -0.05) is 59.1 Å². The number of benzene rings is 2. The van der Waals surface area contributed by atoms with Crippen LogP contribution < -0.4 is 10.6 Å². The molecule has 6 heteroatoms. The summed E-state index contributed by atoms with van der Waals surface area (Å²) in [7, 11) is 0. The molecule has 0 saturated carbocycles. The lowest BCUT2D eigenvalue weighted by molar-refractivity contribution is 0.0984. The zero-order valence-corrected chi connectivity index (χ0v) is 14.0. The Kier molecular flexibility index (Phi) is 6.02. The molecule has 2 N–H and O–H groups in total. The van der Waals surface area contributed by atoms with Crippen LogP contribution in [0.25, 0.3) is 0 Å². The molecule has 120 valence electrons. The van der Waals surface area contributed by atoms with Crippen molar-refractivity contribution in [2.24, 2.45) is 0 Å². The molecule has 0 aliphatic carbocycles. The summed E-state index contributed by atoms with van der Waals surface area (Å²) in [4.78, 5) is 23.8. The number of aryl methyl sites for hydroxylation is 1. The maximum Gasteiger partial charge on any atom is 0.319 e. The third-order valence-corrected chi connectivity index (χ3v) is 4.03. The first kappa shape index (κ1) is 17.3. The lowest BCUT2D eigenvalue weighted by Crippen LogP contribution is -2.30. The number of carbonyl (C=O) groups is 2. The fraction of sp³-hybridized carbons (Fsp3) is 0.176. The predicted octanol–water partition coefficient (Wildman–Crippen LogP) is 4.70. The van der Waals surface area contributed by atoms with E-state index in [-0.39, 0.29) is 23.8 Å². The quantitative estimate of drug-likeness (QED) is 0.768. The summed E-state index contributed by atoms with van der Waals surface area (Å²) in [5.41, 5.74) is 2.15. The van der Waals surface area contributed by atoms with E-state index >= 15 is 0 Å². The fourth-order valence-corrected chi connectivity index (χ4v) is 2.29. The van der Waals surface area contributed by atoms with Gasteiger partial charge in [-0.05, 0) is 19.1 Å². The van der Waals surface area contributed by atoms with Gasteiger partial charge < -0.3 is 10.6 Å². The Morgan fingerprint density at radius 2 is 1.74 bits per heavy atom. The van der Waals surface area contributed by atoms with Crippen LogP contribution in [0.4, 0.5) is 10.5 Å². The van der Waals surface area contributed by atoms with Crippen molar-refractivity contribution in [1.82, 2.24) is 5.32 Å². The first-order chi connectivity index (χ1) is 11.0. The summed E-state index contributed by atoms with van der Waals surface area (Å²) in [6.45, 7) is 2.19. The number of urea groups is 1. The second-order valence-electron chi connectivity index (χ2n) is 5.02. The van der Waals surface area contributed by atoms with Gasteiger partial charge in [0.1, 0.15) is 0 Å². The van der Waals surface area contributed by atoms with Crippen LogP contribution in [-0.2, 0) is 0 Å². The van der Waals surface area contributed by atoms with E-state index in [0.29, 0.717) is 16.3 Å². The van der Waals surface area contributed by atoms with Crippen molar-refractivity contribution in [2.75, 3.05) is 11.9 Å². The zero-order valence-electron chi connectivity index (χ0n) is 12.5. The molecule has 0 unspecified atom stereocenters. The lowest BCUT2D eigenvalue weighted by Gasteiger charge is -2.09. The average Bonchev–Trinajstić information content (AvgIpc) is 2.52. The van der Waals surface area contributed by atoms with Crippen LogP contribution in [0.5, 0.6) is 0 Å². The normalized spacial score (nSPS) is 10.2. The Hall–Kier alpha value is -2.04. The minimum absolute atomic E-state index is 0.0221. The molecule has 0 saturated heterocycles. The van der Waals surface area contributed by atoms with Crippen LogP contribution in [0.3, 0.4) is 0 Å². The van der Waals surface area contributed by atoms with Crippen molar-refractivity contribution in [3.63, 3.8) is 0 Å². The standard InChI is InChI=1S/C17H16Cl2N2O2/c1-11-5-7-12(8-6-11)15(22)9-10-20-17(23)21-14-4-2-3-13(18)16(14)19/h2-8H,9-10H2,1H3,(H2,20,21,23). The van der Waals surface area contributed by atoms with Crippen LogP contribution in [-0.4, -0.2) is 18.4 Å². The molecule has 0 atom stereocenters. The molecule has 0 aromatic heterocycles. The van der Waals surface area contributed by atoms with Gasteiger partial charge in [0.05, 0.1) is 15.7 Å². The first-order valence-electron chi connectivity index (χ1n) is 7.06. The molecule has 2 aromatic carbocycles. The molecular formula is C17H16Cl2N2O2. The Labute approximate surface area is 144 Å². The number of hydrogen-bond donors (Lipinski definition) is 2. The second-order valence-corrected chi connectivity index (χ2v) is 5.81. The minimum Gasteiger partial charge on any atom is -0.337 e. The van der Waals surface area contributed by atoms with Gasteiger partial charge >= 0.3 is 6.03 Å². The van der Waals surface area contributed by atoms with Crippen LogP contribution in [0, 0.1) is 6.92 Å². The summed E-state index contributed by atoms with van der Waals surface area (Å²) >= 11 is 11.9. The molecule has 0 fully saturated rings. The zero-order chi connectivity index (χ0) is 16.8. The van der Waals surface area contributed by atoms with Crippen molar-refractivity contribution in [3.8, 4) is 0 Å². The summed E-state index contributed by atoms with van der Waals surface area (Å²) < 4.78 is 0. The maximum atomic E-state index is 12.0. The highest BCUT2D eigenvalue weighted by molar-refractivity contribution is 6.43. The topological polar surface area (TPSA) is 58.2 Å². The largest absolute Gasteiger partial charge is 0.337 e. The summed E-state index contributed by atoms with van der Waals surface area (Å²) in [6.07, 6.45) is 0.222. The van der Waals surface area contributed by atoms with E-state index in [2.05, 4.69) is 10.6 Å². The van der Waals surface area contributed by atoms with Gasteiger partial charge in [0, 0.05) is 18.5 Å². The number of rotatable bonds is 5. The minimum atomic E-state index is -0.439. The Morgan fingerprint density at radius 3 is 2.43 bits per heavy atom. The van der Waals surface area contributed by atoms with E-state index in [4.69, 9.17) is 23.2 Å². The molecule has 0 radical (unpaired) electrons. The predicted molar refractivity (Wildman–Crippen MR) is 93.6 cm³/mol. The Morgan fingerprint density at radius 1 is 1.04 bits per heavy atom. The molecule has 0 spiro atoms. The Bertz CT molecular complexity index is 715. The van der Waals surface area contributed by atoms with Crippen LogP contribution in [0.15, 0.2) is 42.5 Å². The highest BCUT2D eigenvalue weighted by Crippen LogP contribution is 2.29. The van der Waals surface area contributed by atoms with Crippen LogP contribution >= 0.6 is 23.2 Å². The van der Waals surface area contributed by atoms with Crippen molar-refractivity contribution in [2.45, 2.75) is 13.3 Å². The molecule has 0 aliphatic rings. The lowest BCUT2D eigenvalue weighted by atomic mass is 10.1. The molecule has 4 nitrogen and oxygen atoms in total. The van der Waals surface area contributed by atoms with E-state index in [0.717, 1.165) is 5.56 Å². The second kappa shape index (κ2) is 7.99. The number of anilines is 1. The summed E-state index contributed by atoms with van der Waals surface area (Å²) in [5.74, 6) is -0.0221. The average molecular weight is 351 g/mol. The van der Waals surface area contributed by atoms with Gasteiger partial charge in [-0.2, -0.15) is 0 Å². The SMILES string of the molecule is Cc1ccc(C(=O)CCNC(=O)Nc2cccc(Cl)c2Cl)cc1. The smallest absolute Gasteiger partial charge is 0.319 e. The van der Waals surface area contributed by atoms with Crippen LogP contribution in [0.2, 0.25) is 10.0 Å². The molecule has 2 aromatic rings. The van der Waals surface area contributed by atoms with Crippen LogP contribution in [0.1, 0.15) is 22.3 Å². The third-order valence-electron chi connectivity index (χ3n) is 3.21. The maximum absolute atomic E-state index is 12.0. The van der Waals surface area contributed by atoms with Gasteiger partial charge in [0.15, 0.2) is 5.78 Å². The summed E-state index contributed by atoms with van der Waals surface area (Å²) in [5, 5.41) is 5.85. The molecule has 0 bridgehead atoms. The van der Waals surface area contributed by atoms with E-state index in [1.54, 1.807) is 30.3 Å². The molecule has 2 rings (SSSR count). The van der Waals surface area contributed by atoms with E-state index in [9.17, 15) is 9.59 Å². The van der Waals surface area contributed by atoms with E-state index in [1.807, 2.05) is 19.1 Å².